The average molecular weight is 339 g/mol. The number of aliphatic hydroxyl groups is 1. The Kier molecular flexibility index (Phi) is 4.82. The van der Waals surface area contributed by atoms with Crippen molar-refractivity contribution >= 4 is 6.09 Å². The van der Waals surface area contributed by atoms with Crippen molar-refractivity contribution in [3.05, 3.63) is 59.7 Å². The Labute approximate surface area is 148 Å². The van der Waals surface area contributed by atoms with Crippen molar-refractivity contribution < 1.29 is 14.6 Å². The number of alkyl carbamates (subject to hydrolysis) is 1. The molecular weight excluding hydrogens is 314 g/mol. The summed E-state index contributed by atoms with van der Waals surface area (Å²) < 4.78 is 5.48. The van der Waals surface area contributed by atoms with Crippen LogP contribution in [0, 0.1) is 5.41 Å². The van der Waals surface area contributed by atoms with E-state index in [9.17, 15) is 9.90 Å². The van der Waals surface area contributed by atoms with Crippen LogP contribution >= 0.6 is 0 Å². The fourth-order valence-corrected chi connectivity index (χ4v) is 3.10. The lowest BCUT2D eigenvalue weighted by Crippen LogP contribution is -2.40. The number of rotatable bonds is 5. The summed E-state index contributed by atoms with van der Waals surface area (Å²) in [5.41, 5.74) is 4.41. The molecule has 1 aliphatic rings. The summed E-state index contributed by atoms with van der Waals surface area (Å²) in [7, 11) is 0. The quantitative estimate of drug-likeness (QED) is 0.868. The number of benzene rings is 2. The molecule has 4 nitrogen and oxygen atoms in total. The summed E-state index contributed by atoms with van der Waals surface area (Å²) in [4.78, 5) is 12.1. The lowest BCUT2D eigenvalue weighted by Gasteiger charge is -2.28. The molecule has 0 aromatic heterocycles. The molecule has 2 aromatic carbocycles. The topological polar surface area (TPSA) is 58.6 Å². The molecule has 2 N–H and O–H groups in total. The molecule has 0 fully saturated rings. The summed E-state index contributed by atoms with van der Waals surface area (Å²) in [6, 6.07) is 16.5. The molecule has 25 heavy (non-hydrogen) atoms. The zero-order chi connectivity index (χ0) is 18.0. The molecule has 0 saturated heterocycles. The van der Waals surface area contributed by atoms with Crippen molar-refractivity contribution in [2.45, 2.75) is 32.8 Å². The Morgan fingerprint density at radius 3 is 2.16 bits per heavy atom. The first-order valence-corrected chi connectivity index (χ1v) is 8.67. The zero-order valence-electron chi connectivity index (χ0n) is 15.0. The maximum atomic E-state index is 12.1. The van der Waals surface area contributed by atoms with Gasteiger partial charge in [-0.15, -0.1) is 0 Å². The highest BCUT2D eigenvalue weighted by atomic mass is 16.5. The van der Waals surface area contributed by atoms with E-state index in [0.717, 1.165) is 0 Å². The highest BCUT2D eigenvalue weighted by molar-refractivity contribution is 5.79. The lowest BCUT2D eigenvalue weighted by molar-refractivity contribution is 0.0633. The second-order valence-electron chi connectivity index (χ2n) is 7.34. The SMILES string of the molecule is CC(O)C(C)(C)CNC(=O)OCC1c2ccccc2-c2ccccc21. The van der Waals surface area contributed by atoms with Gasteiger partial charge in [0.2, 0.25) is 0 Å². The summed E-state index contributed by atoms with van der Waals surface area (Å²) in [6.07, 6.45) is -0.961. The minimum atomic E-state index is -0.513. The minimum absolute atomic E-state index is 0.0583. The molecule has 4 heteroatoms. The van der Waals surface area contributed by atoms with Crippen molar-refractivity contribution in [2.75, 3.05) is 13.2 Å². The second kappa shape index (κ2) is 6.89. The average Bonchev–Trinajstić information content (AvgIpc) is 2.92. The van der Waals surface area contributed by atoms with Crippen molar-refractivity contribution in [3.8, 4) is 11.1 Å². The number of carbonyl (C=O) groups is 1. The van der Waals surface area contributed by atoms with E-state index in [-0.39, 0.29) is 5.92 Å². The third kappa shape index (κ3) is 3.54. The molecule has 0 bridgehead atoms. The van der Waals surface area contributed by atoms with Crippen molar-refractivity contribution in [1.82, 2.24) is 5.32 Å². The van der Waals surface area contributed by atoms with Crippen molar-refractivity contribution in [2.24, 2.45) is 5.41 Å². The molecule has 132 valence electrons. The van der Waals surface area contributed by atoms with Gasteiger partial charge in [0.25, 0.3) is 0 Å². The molecule has 0 radical (unpaired) electrons. The maximum Gasteiger partial charge on any atom is 0.407 e. The number of hydrogen-bond acceptors (Lipinski definition) is 3. The van der Waals surface area contributed by atoms with E-state index >= 15 is 0 Å². The molecule has 1 amide bonds. The summed E-state index contributed by atoms with van der Waals surface area (Å²) in [5, 5.41) is 12.5. The molecule has 1 unspecified atom stereocenters. The molecule has 3 rings (SSSR count). The Balaban J connectivity index is 1.67. The van der Waals surface area contributed by atoms with E-state index in [0.29, 0.717) is 13.2 Å². The maximum absolute atomic E-state index is 12.1. The minimum Gasteiger partial charge on any atom is -0.449 e. The fraction of sp³-hybridized carbons (Fsp3) is 0.381. The molecule has 0 aliphatic heterocycles. The van der Waals surface area contributed by atoms with Gasteiger partial charge in [0.15, 0.2) is 0 Å². The van der Waals surface area contributed by atoms with E-state index < -0.39 is 17.6 Å². The largest absolute Gasteiger partial charge is 0.449 e. The van der Waals surface area contributed by atoms with Crippen LogP contribution in [0.2, 0.25) is 0 Å². The molecule has 0 saturated carbocycles. The van der Waals surface area contributed by atoms with Crippen LogP contribution in [0.4, 0.5) is 4.79 Å². The van der Waals surface area contributed by atoms with Gasteiger partial charge in [0.1, 0.15) is 6.61 Å². The van der Waals surface area contributed by atoms with E-state index in [1.807, 2.05) is 38.1 Å². The number of amides is 1. The Morgan fingerprint density at radius 1 is 1.12 bits per heavy atom. The monoisotopic (exact) mass is 339 g/mol. The zero-order valence-corrected chi connectivity index (χ0v) is 15.0. The predicted octanol–water partition coefficient (Wildman–Crippen LogP) is 3.93. The van der Waals surface area contributed by atoms with Crippen molar-refractivity contribution in [1.29, 1.82) is 0 Å². The summed E-state index contributed by atoms with van der Waals surface area (Å²) in [6.45, 7) is 6.19. The third-order valence-corrected chi connectivity index (χ3v) is 5.16. The second-order valence-corrected chi connectivity index (χ2v) is 7.34. The van der Waals surface area contributed by atoms with Gasteiger partial charge in [-0.25, -0.2) is 4.79 Å². The van der Waals surface area contributed by atoms with E-state index in [1.54, 1.807) is 6.92 Å². The number of carbonyl (C=O) groups excluding carboxylic acids is 1. The van der Waals surface area contributed by atoms with Gasteiger partial charge < -0.3 is 15.2 Å². The van der Waals surface area contributed by atoms with E-state index in [4.69, 9.17) is 4.74 Å². The number of nitrogens with one attached hydrogen (secondary N) is 1. The van der Waals surface area contributed by atoms with Crippen LogP contribution in [0.3, 0.4) is 0 Å². The first-order valence-electron chi connectivity index (χ1n) is 8.67. The van der Waals surface area contributed by atoms with Crippen LogP contribution in [0.5, 0.6) is 0 Å². The molecule has 1 atom stereocenters. The van der Waals surface area contributed by atoms with Gasteiger partial charge in [-0.05, 0) is 29.2 Å². The van der Waals surface area contributed by atoms with Crippen LogP contribution < -0.4 is 5.32 Å². The van der Waals surface area contributed by atoms with Gasteiger partial charge in [0.05, 0.1) is 6.10 Å². The van der Waals surface area contributed by atoms with Crippen molar-refractivity contribution in [3.63, 3.8) is 0 Å². The van der Waals surface area contributed by atoms with Gasteiger partial charge in [-0.3, -0.25) is 0 Å². The highest BCUT2D eigenvalue weighted by Gasteiger charge is 2.29. The first-order chi connectivity index (χ1) is 11.9. The van der Waals surface area contributed by atoms with E-state index in [2.05, 4.69) is 29.6 Å². The number of hydrogen-bond donors (Lipinski definition) is 2. The predicted molar refractivity (Wildman–Crippen MR) is 98.5 cm³/mol. The van der Waals surface area contributed by atoms with Crippen LogP contribution in [0.25, 0.3) is 11.1 Å². The standard InChI is InChI=1S/C21H25NO3/c1-14(23)21(2,3)13-22-20(24)25-12-19-17-10-6-4-8-15(17)16-9-5-7-11-18(16)19/h4-11,14,19,23H,12-13H2,1-3H3,(H,22,24). The molecule has 2 aromatic rings. The number of fused-ring (bicyclic) bond motifs is 3. The third-order valence-electron chi connectivity index (χ3n) is 5.16. The van der Waals surface area contributed by atoms with Gasteiger partial charge in [0, 0.05) is 17.9 Å². The number of ether oxygens (including phenoxy) is 1. The van der Waals surface area contributed by atoms with Crippen LogP contribution in [0.1, 0.15) is 37.8 Å². The van der Waals surface area contributed by atoms with Crippen LogP contribution in [-0.4, -0.2) is 30.5 Å². The molecule has 0 heterocycles. The molecular formula is C21H25NO3. The summed E-state index contributed by atoms with van der Waals surface area (Å²) in [5.74, 6) is 0.0583. The van der Waals surface area contributed by atoms with Crippen LogP contribution in [0.15, 0.2) is 48.5 Å². The Hall–Kier alpha value is -2.33. The lowest BCUT2D eigenvalue weighted by atomic mass is 9.87. The summed E-state index contributed by atoms with van der Waals surface area (Å²) >= 11 is 0. The van der Waals surface area contributed by atoms with Gasteiger partial charge in [-0.1, -0.05) is 62.4 Å². The van der Waals surface area contributed by atoms with Crippen LogP contribution in [-0.2, 0) is 4.74 Å². The van der Waals surface area contributed by atoms with Gasteiger partial charge >= 0.3 is 6.09 Å². The highest BCUT2D eigenvalue weighted by Crippen LogP contribution is 2.44. The first kappa shape index (κ1) is 17.5. The fourth-order valence-electron chi connectivity index (χ4n) is 3.10. The molecule has 0 spiro atoms. The normalized spacial score (nSPS) is 14.6. The Bertz CT molecular complexity index is 722. The smallest absolute Gasteiger partial charge is 0.407 e. The van der Waals surface area contributed by atoms with E-state index in [1.165, 1.54) is 22.3 Å². The Morgan fingerprint density at radius 2 is 1.64 bits per heavy atom. The number of aliphatic hydroxyl groups excluding tert-OH is 1. The van der Waals surface area contributed by atoms with Gasteiger partial charge in [-0.2, -0.15) is 0 Å². The molecule has 1 aliphatic carbocycles.